The third-order valence-corrected chi connectivity index (χ3v) is 11.0. The van der Waals surface area contributed by atoms with Crippen LogP contribution in [0.15, 0.2) is 30.9 Å². The summed E-state index contributed by atoms with van der Waals surface area (Å²) in [6.45, 7) is 8.58. The lowest BCUT2D eigenvalue weighted by molar-refractivity contribution is -0.137. The predicted octanol–water partition coefficient (Wildman–Crippen LogP) is 2.37. The molecule has 1 saturated carbocycles. The van der Waals surface area contributed by atoms with Gasteiger partial charge in [0.2, 0.25) is 5.91 Å². The lowest BCUT2D eigenvalue weighted by atomic mass is 9.62. The van der Waals surface area contributed by atoms with E-state index in [0.29, 0.717) is 44.1 Å². The Morgan fingerprint density at radius 3 is 2.81 bits per heavy atom. The molecule has 10 heteroatoms. The summed E-state index contributed by atoms with van der Waals surface area (Å²) in [5, 5.41) is 17.4. The maximum Gasteiger partial charge on any atom is 0.246 e. The van der Waals surface area contributed by atoms with Gasteiger partial charge in [-0.2, -0.15) is 5.26 Å². The smallest absolute Gasteiger partial charge is 0.246 e. The van der Waals surface area contributed by atoms with Crippen molar-refractivity contribution in [1.82, 2.24) is 25.3 Å². The summed E-state index contributed by atoms with van der Waals surface area (Å²) >= 11 is 0. The van der Waals surface area contributed by atoms with Gasteiger partial charge in [-0.15, -0.1) is 0 Å². The van der Waals surface area contributed by atoms with Crippen molar-refractivity contribution < 1.29 is 14.3 Å². The lowest BCUT2D eigenvalue weighted by Gasteiger charge is -2.57. The Labute approximate surface area is 256 Å². The van der Waals surface area contributed by atoms with Crippen molar-refractivity contribution in [2.75, 3.05) is 65.4 Å². The Kier molecular flexibility index (Phi) is 8.99. The number of rotatable bonds is 7. The van der Waals surface area contributed by atoms with Gasteiger partial charge < -0.3 is 24.2 Å². The van der Waals surface area contributed by atoms with E-state index >= 15 is 0 Å². The maximum atomic E-state index is 12.6. The molecule has 5 aliphatic rings. The van der Waals surface area contributed by atoms with Crippen LogP contribution in [0.1, 0.15) is 44.1 Å². The highest BCUT2D eigenvalue weighted by Crippen LogP contribution is 2.50. The molecule has 7 atom stereocenters. The van der Waals surface area contributed by atoms with Crippen molar-refractivity contribution in [1.29, 1.82) is 5.26 Å². The van der Waals surface area contributed by atoms with Crippen molar-refractivity contribution in [3.63, 3.8) is 0 Å². The normalized spacial score (nSPS) is 34.8. The van der Waals surface area contributed by atoms with Crippen LogP contribution < -0.4 is 20.3 Å². The van der Waals surface area contributed by atoms with Gasteiger partial charge in [0, 0.05) is 62.5 Å². The number of hydrogen-bond acceptors (Lipinski definition) is 9. The average molecular weight is 592 g/mol. The molecular formula is C33H49N7O3. The van der Waals surface area contributed by atoms with Gasteiger partial charge in [0.1, 0.15) is 5.75 Å². The fourth-order valence-corrected chi connectivity index (χ4v) is 8.77. The Balaban J connectivity index is 1.23. The number of carbonyl (C=O) groups excluding carboxylic acids is 1. The summed E-state index contributed by atoms with van der Waals surface area (Å²) in [6, 6.07) is 9.31. The van der Waals surface area contributed by atoms with Gasteiger partial charge in [-0.25, -0.2) is 0 Å². The molecule has 4 aliphatic heterocycles. The summed E-state index contributed by atoms with van der Waals surface area (Å²) in [7, 11) is 6.18. The van der Waals surface area contributed by atoms with Crippen molar-refractivity contribution in [2.45, 2.75) is 75.6 Å². The first-order valence-electron chi connectivity index (χ1n) is 16.1. The first-order chi connectivity index (χ1) is 20.8. The molecule has 43 heavy (non-hydrogen) atoms. The Bertz CT molecular complexity index is 1220. The molecule has 6 rings (SSSR count). The summed E-state index contributed by atoms with van der Waals surface area (Å²) < 4.78 is 12.4. The topological polar surface area (TPSA) is 96.3 Å². The van der Waals surface area contributed by atoms with Crippen molar-refractivity contribution >= 4 is 11.6 Å². The van der Waals surface area contributed by atoms with Crippen LogP contribution in [-0.2, 0) is 16.0 Å². The first-order valence-corrected chi connectivity index (χ1v) is 16.1. The summed E-state index contributed by atoms with van der Waals surface area (Å²) in [4.78, 5) is 21.7. The predicted molar refractivity (Wildman–Crippen MR) is 166 cm³/mol. The van der Waals surface area contributed by atoms with Gasteiger partial charge in [-0.3, -0.25) is 20.3 Å². The number of fused-ring (bicyclic) bond motifs is 2. The quantitative estimate of drug-likeness (QED) is 0.464. The van der Waals surface area contributed by atoms with Crippen LogP contribution in [0.4, 0.5) is 5.69 Å². The van der Waals surface area contributed by atoms with Crippen LogP contribution in [0.25, 0.3) is 0 Å². The molecule has 6 unspecified atom stereocenters. The second kappa shape index (κ2) is 12.7. The molecule has 2 N–H and O–H groups in total. The highest BCUT2D eigenvalue weighted by molar-refractivity contribution is 5.87. The number of amides is 1. The number of nitriles is 1. The van der Waals surface area contributed by atoms with Crippen LogP contribution in [0.5, 0.6) is 5.75 Å². The third kappa shape index (κ3) is 6.03. The Hall–Kier alpha value is -2.68. The van der Waals surface area contributed by atoms with Crippen LogP contribution in [-0.4, -0.2) is 112 Å². The average Bonchev–Trinajstić information content (AvgIpc) is 3.43. The van der Waals surface area contributed by atoms with Crippen molar-refractivity contribution in [2.24, 2.45) is 11.3 Å². The highest BCUT2D eigenvalue weighted by Gasteiger charge is 2.51. The van der Waals surface area contributed by atoms with Crippen molar-refractivity contribution in [3.05, 3.63) is 36.4 Å². The van der Waals surface area contributed by atoms with Gasteiger partial charge in [-0.1, -0.05) is 12.6 Å². The number of likely N-dealkylation sites (tertiary alicyclic amines) is 1. The second-order valence-electron chi connectivity index (χ2n) is 13.5. The fraction of sp³-hybridized carbons (Fsp3) is 0.697. The second-order valence-corrected chi connectivity index (χ2v) is 13.5. The number of piperazine rings is 1. The van der Waals surface area contributed by atoms with Crippen LogP contribution in [0.2, 0.25) is 0 Å². The minimum Gasteiger partial charge on any atom is -0.496 e. The standard InChI is InChI=1S/C33H49N7O3/c1-5-30(41)40-17-16-39(20-23(40)12-14-34)31-25-11-13-33(18-26-28(38(3)22-33)9-6-10-29(26)42-4)19-27(25)35-32(36-31)43-21-24-8-7-15-37(24)2/h5-6,9-10,23-25,27,31-32,35-36H,1,7-8,11-13,15-22H2,2-4H3/t23?,24?,25?,27?,31?,32?,33-/m1/s1. The zero-order chi connectivity index (χ0) is 30.1. The van der Waals surface area contributed by atoms with Crippen LogP contribution in [0.3, 0.4) is 0 Å². The number of nitrogens with zero attached hydrogens (tertiary/aromatic N) is 5. The molecule has 10 nitrogen and oxygen atoms in total. The van der Waals surface area contributed by atoms with E-state index in [-0.39, 0.29) is 29.9 Å². The fourth-order valence-electron chi connectivity index (χ4n) is 8.77. The number of ether oxygens (including phenoxy) is 2. The van der Waals surface area contributed by atoms with Gasteiger partial charge in [0.15, 0.2) is 6.35 Å². The van der Waals surface area contributed by atoms with Gasteiger partial charge >= 0.3 is 0 Å². The zero-order valence-corrected chi connectivity index (χ0v) is 26.1. The number of benzene rings is 1. The SMILES string of the molecule is C=CC(=O)N1CCN(C2NC(OCC3CCCN3C)NC3C[C@@]4(CCC32)Cc2c(OC)cccc2N(C)C4)CC1CC#N. The van der Waals surface area contributed by atoms with E-state index < -0.39 is 0 Å². The number of hydrogen-bond donors (Lipinski definition) is 2. The minimum absolute atomic E-state index is 0.0883. The molecule has 0 radical (unpaired) electrons. The molecule has 234 valence electrons. The maximum absolute atomic E-state index is 12.6. The van der Waals surface area contributed by atoms with Gasteiger partial charge in [0.05, 0.1) is 38.4 Å². The van der Waals surface area contributed by atoms with Gasteiger partial charge in [-0.05, 0) is 75.7 Å². The Morgan fingerprint density at radius 1 is 1.21 bits per heavy atom. The molecule has 4 heterocycles. The molecule has 3 saturated heterocycles. The van der Waals surface area contributed by atoms with E-state index in [9.17, 15) is 10.1 Å². The van der Waals surface area contributed by atoms with E-state index in [2.05, 4.69) is 70.3 Å². The first kappa shape index (κ1) is 30.4. The molecule has 1 spiro atoms. The summed E-state index contributed by atoms with van der Waals surface area (Å²) in [5.41, 5.74) is 2.75. The number of anilines is 1. The molecule has 1 aliphatic carbocycles. The minimum atomic E-state index is -0.249. The number of methoxy groups -OCH3 is 1. The molecular weight excluding hydrogens is 542 g/mol. The van der Waals surface area contributed by atoms with Crippen LogP contribution >= 0.6 is 0 Å². The number of likely N-dealkylation sites (N-methyl/N-ethyl adjacent to an activating group) is 1. The third-order valence-electron chi connectivity index (χ3n) is 11.0. The van der Waals surface area contributed by atoms with Crippen LogP contribution in [0, 0.1) is 22.7 Å². The van der Waals surface area contributed by atoms with E-state index in [1.54, 1.807) is 7.11 Å². The van der Waals surface area contributed by atoms with Crippen molar-refractivity contribution in [3.8, 4) is 11.8 Å². The molecule has 1 aromatic carbocycles. The van der Waals surface area contributed by atoms with E-state index in [0.717, 1.165) is 51.1 Å². The highest BCUT2D eigenvalue weighted by atomic mass is 16.5. The molecule has 4 fully saturated rings. The largest absolute Gasteiger partial charge is 0.496 e. The summed E-state index contributed by atoms with van der Waals surface area (Å²) in [5.74, 6) is 1.29. The van der Waals surface area contributed by atoms with E-state index in [1.165, 1.54) is 30.2 Å². The summed E-state index contributed by atoms with van der Waals surface area (Å²) in [6.07, 6.45) is 8.27. The van der Waals surface area contributed by atoms with Gasteiger partial charge in [0.25, 0.3) is 0 Å². The van der Waals surface area contributed by atoms with E-state index in [1.807, 2.05) is 4.90 Å². The molecule has 0 bridgehead atoms. The zero-order valence-electron chi connectivity index (χ0n) is 26.1. The number of nitrogens with one attached hydrogen (secondary N) is 2. The molecule has 0 aromatic heterocycles. The Morgan fingerprint density at radius 2 is 2.07 bits per heavy atom. The number of carbonyl (C=O) groups is 1. The molecule has 1 aromatic rings. The molecule has 1 amide bonds. The van der Waals surface area contributed by atoms with E-state index in [4.69, 9.17) is 9.47 Å². The lowest BCUT2D eigenvalue weighted by Crippen LogP contribution is -2.73. The monoisotopic (exact) mass is 591 g/mol.